The highest BCUT2D eigenvalue weighted by Crippen LogP contribution is 2.33. The van der Waals surface area contributed by atoms with E-state index in [1.54, 1.807) is 0 Å². The van der Waals surface area contributed by atoms with Crippen LogP contribution in [0.15, 0.2) is 0 Å². The largest absolute Gasteiger partial charge is 0.378 e. The monoisotopic (exact) mass is 254 g/mol. The molecule has 0 radical (unpaired) electrons. The molecule has 2 rings (SSSR count). The van der Waals surface area contributed by atoms with Crippen LogP contribution < -0.4 is 5.32 Å². The van der Waals surface area contributed by atoms with Crippen molar-refractivity contribution < 1.29 is 4.74 Å². The van der Waals surface area contributed by atoms with Crippen molar-refractivity contribution >= 4 is 0 Å². The smallest absolute Gasteiger partial charge is 0.0645 e. The second-order valence-corrected chi connectivity index (χ2v) is 6.71. The third-order valence-corrected chi connectivity index (χ3v) is 4.65. The molecule has 3 atom stereocenters. The van der Waals surface area contributed by atoms with Gasteiger partial charge in [-0.2, -0.15) is 0 Å². The number of rotatable bonds is 3. The maximum Gasteiger partial charge on any atom is 0.0645 e. The third-order valence-electron chi connectivity index (χ3n) is 4.65. The van der Waals surface area contributed by atoms with Crippen LogP contribution >= 0.6 is 0 Å². The molecule has 0 aromatic rings. The van der Waals surface area contributed by atoms with E-state index in [1.807, 2.05) is 0 Å². The van der Waals surface area contributed by atoms with Gasteiger partial charge in [0.2, 0.25) is 0 Å². The Morgan fingerprint density at radius 2 is 2.11 bits per heavy atom. The molecule has 0 aromatic heterocycles. The molecule has 0 bridgehead atoms. The van der Waals surface area contributed by atoms with Gasteiger partial charge in [-0.1, -0.05) is 13.8 Å². The zero-order valence-corrected chi connectivity index (χ0v) is 12.5. The topological polar surface area (TPSA) is 24.5 Å². The molecule has 2 fully saturated rings. The van der Waals surface area contributed by atoms with Crippen molar-refractivity contribution in [3.05, 3.63) is 0 Å². The van der Waals surface area contributed by atoms with E-state index in [0.717, 1.165) is 32.2 Å². The molecule has 0 aromatic carbocycles. The molecule has 1 heterocycles. The van der Waals surface area contributed by atoms with Crippen molar-refractivity contribution in [2.45, 2.75) is 64.6 Å². The van der Waals surface area contributed by atoms with Gasteiger partial charge in [-0.15, -0.1) is 0 Å². The van der Waals surface area contributed by atoms with Crippen molar-refractivity contribution in [2.24, 2.45) is 5.92 Å². The standard InChI is InChI=1S/C15H30N2O/c1-5-16-13-7-6-12(2)10-14(13)17-8-9-18-11-15(17,3)4/h12-14,16H,5-11H2,1-4H3. The van der Waals surface area contributed by atoms with Gasteiger partial charge in [-0.25, -0.2) is 0 Å². The first-order valence-corrected chi connectivity index (χ1v) is 7.62. The van der Waals surface area contributed by atoms with Crippen molar-refractivity contribution in [3.63, 3.8) is 0 Å². The van der Waals surface area contributed by atoms with Crippen LogP contribution in [-0.4, -0.2) is 48.8 Å². The quantitative estimate of drug-likeness (QED) is 0.836. The van der Waals surface area contributed by atoms with E-state index in [0.29, 0.717) is 12.1 Å². The molecule has 1 saturated carbocycles. The van der Waals surface area contributed by atoms with Crippen molar-refractivity contribution in [3.8, 4) is 0 Å². The van der Waals surface area contributed by atoms with Gasteiger partial charge in [0.15, 0.2) is 0 Å². The van der Waals surface area contributed by atoms with Crippen molar-refractivity contribution in [1.82, 2.24) is 10.2 Å². The summed E-state index contributed by atoms with van der Waals surface area (Å²) in [5, 5.41) is 3.71. The van der Waals surface area contributed by atoms with Crippen LogP contribution in [0.2, 0.25) is 0 Å². The lowest BCUT2D eigenvalue weighted by Gasteiger charge is -2.51. The molecule has 1 aliphatic carbocycles. The molecule has 3 unspecified atom stereocenters. The van der Waals surface area contributed by atoms with Crippen LogP contribution in [0.25, 0.3) is 0 Å². The number of ether oxygens (including phenoxy) is 1. The van der Waals surface area contributed by atoms with Crippen LogP contribution in [-0.2, 0) is 4.74 Å². The SMILES string of the molecule is CCNC1CCC(C)CC1N1CCOCC1(C)C. The summed E-state index contributed by atoms with van der Waals surface area (Å²) in [7, 11) is 0. The predicted molar refractivity (Wildman–Crippen MR) is 75.9 cm³/mol. The van der Waals surface area contributed by atoms with Gasteiger partial charge in [0, 0.05) is 24.2 Å². The Balaban J connectivity index is 2.10. The summed E-state index contributed by atoms with van der Waals surface area (Å²) >= 11 is 0. The number of nitrogens with one attached hydrogen (secondary N) is 1. The molecule has 0 spiro atoms. The van der Waals surface area contributed by atoms with Gasteiger partial charge < -0.3 is 10.1 Å². The summed E-state index contributed by atoms with van der Waals surface area (Å²) in [5.41, 5.74) is 0.188. The van der Waals surface area contributed by atoms with Gasteiger partial charge in [0.25, 0.3) is 0 Å². The van der Waals surface area contributed by atoms with E-state index in [9.17, 15) is 0 Å². The number of likely N-dealkylation sites (N-methyl/N-ethyl adjacent to an activating group) is 1. The zero-order chi connectivity index (χ0) is 13.2. The molecule has 1 saturated heterocycles. The Kier molecular flexibility index (Phi) is 4.68. The zero-order valence-electron chi connectivity index (χ0n) is 12.5. The molecular weight excluding hydrogens is 224 g/mol. The molecule has 3 nitrogen and oxygen atoms in total. The highest BCUT2D eigenvalue weighted by molar-refractivity contribution is 4.97. The summed E-state index contributed by atoms with van der Waals surface area (Å²) in [4.78, 5) is 2.71. The lowest BCUT2D eigenvalue weighted by Crippen LogP contribution is -2.63. The van der Waals surface area contributed by atoms with Crippen LogP contribution in [0.5, 0.6) is 0 Å². The first-order chi connectivity index (χ1) is 8.54. The number of hydrogen-bond donors (Lipinski definition) is 1. The summed E-state index contributed by atoms with van der Waals surface area (Å²) in [5.74, 6) is 0.864. The minimum absolute atomic E-state index is 0.188. The summed E-state index contributed by atoms with van der Waals surface area (Å²) in [6.07, 6.45) is 4.03. The number of morpholine rings is 1. The minimum atomic E-state index is 0.188. The molecule has 1 aliphatic heterocycles. The Morgan fingerprint density at radius 3 is 2.78 bits per heavy atom. The lowest BCUT2D eigenvalue weighted by atomic mass is 9.80. The van der Waals surface area contributed by atoms with E-state index in [2.05, 4.69) is 37.9 Å². The second-order valence-electron chi connectivity index (χ2n) is 6.71. The van der Waals surface area contributed by atoms with E-state index in [4.69, 9.17) is 4.74 Å². The van der Waals surface area contributed by atoms with E-state index in [-0.39, 0.29) is 5.54 Å². The molecule has 18 heavy (non-hydrogen) atoms. The lowest BCUT2D eigenvalue weighted by molar-refractivity contribution is -0.0875. The maximum atomic E-state index is 5.67. The highest BCUT2D eigenvalue weighted by atomic mass is 16.5. The fourth-order valence-electron chi connectivity index (χ4n) is 3.68. The van der Waals surface area contributed by atoms with Gasteiger partial charge >= 0.3 is 0 Å². The average molecular weight is 254 g/mol. The van der Waals surface area contributed by atoms with Gasteiger partial charge in [-0.3, -0.25) is 4.90 Å². The van der Waals surface area contributed by atoms with Crippen LogP contribution in [0.4, 0.5) is 0 Å². The number of hydrogen-bond acceptors (Lipinski definition) is 3. The molecule has 106 valence electrons. The number of nitrogens with zero attached hydrogens (tertiary/aromatic N) is 1. The summed E-state index contributed by atoms with van der Waals surface area (Å²) < 4.78 is 5.67. The Labute approximate surface area is 112 Å². The van der Waals surface area contributed by atoms with E-state index in [1.165, 1.54) is 19.3 Å². The normalized spacial score (nSPS) is 37.7. The summed E-state index contributed by atoms with van der Waals surface area (Å²) in [6, 6.07) is 1.36. The second kappa shape index (κ2) is 5.89. The van der Waals surface area contributed by atoms with E-state index < -0.39 is 0 Å². The van der Waals surface area contributed by atoms with Gasteiger partial charge in [0.1, 0.15) is 0 Å². The fourth-order valence-corrected chi connectivity index (χ4v) is 3.68. The fraction of sp³-hybridized carbons (Fsp3) is 1.00. The van der Waals surface area contributed by atoms with Crippen LogP contribution in [0.3, 0.4) is 0 Å². The minimum Gasteiger partial charge on any atom is -0.378 e. The molecular formula is C15H30N2O. The van der Waals surface area contributed by atoms with Gasteiger partial charge in [-0.05, 0) is 45.6 Å². The highest BCUT2D eigenvalue weighted by Gasteiger charge is 2.40. The van der Waals surface area contributed by atoms with E-state index >= 15 is 0 Å². The van der Waals surface area contributed by atoms with Crippen LogP contribution in [0.1, 0.15) is 47.0 Å². The Bertz CT molecular complexity index is 267. The molecule has 3 heteroatoms. The van der Waals surface area contributed by atoms with Crippen molar-refractivity contribution in [1.29, 1.82) is 0 Å². The molecule has 1 N–H and O–H groups in total. The van der Waals surface area contributed by atoms with Gasteiger partial charge in [0.05, 0.1) is 13.2 Å². The van der Waals surface area contributed by atoms with Crippen molar-refractivity contribution in [2.75, 3.05) is 26.3 Å². The predicted octanol–water partition coefficient (Wildman–Crippen LogP) is 2.26. The Morgan fingerprint density at radius 1 is 1.33 bits per heavy atom. The molecule has 0 amide bonds. The Hall–Kier alpha value is -0.120. The first-order valence-electron chi connectivity index (χ1n) is 7.62. The average Bonchev–Trinajstić information content (AvgIpc) is 2.31. The first kappa shape index (κ1) is 14.3. The molecule has 2 aliphatic rings. The summed E-state index contributed by atoms with van der Waals surface area (Å²) in [6.45, 7) is 13.2. The van der Waals surface area contributed by atoms with Crippen LogP contribution in [0, 0.1) is 5.92 Å². The third kappa shape index (κ3) is 3.06. The maximum absolute atomic E-state index is 5.67.